The number of hydrogen-bond donors (Lipinski definition) is 0. The molecule has 1 aliphatic rings. The second kappa shape index (κ2) is 6.95. The highest BCUT2D eigenvalue weighted by molar-refractivity contribution is 6.14. The molecule has 0 aliphatic carbocycles. The highest BCUT2D eigenvalue weighted by Crippen LogP contribution is 2.34. The Morgan fingerprint density at radius 1 is 1.21 bits per heavy atom. The van der Waals surface area contributed by atoms with Crippen molar-refractivity contribution in [3.8, 4) is 0 Å². The number of anilines is 1. The number of non-ortho nitro benzene ring substituents is 1. The van der Waals surface area contributed by atoms with Crippen molar-refractivity contribution in [2.45, 2.75) is 46.1 Å². The van der Waals surface area contributed by atoms with Gasteiger partial charge in [0.05, 0.1) is 27.8 Å². The van der Waals surface area contributed by atoms with Gasteiger partial charge in [0.1, 0.15) is 0 Å². The minimum absolute atomic E-state index is 0.0150. The minimum atomic E-state index is -0.435. The summed E-state index contributed by atoms with van der Waals surface area (Å²) in [5.74, 6) is -0.0322. The molecule has 0 fully saturated rings. The van der Waals surface area contributed by atoms with E-state index in [0.29, 0.717) is 35.2 Å². The molecule has 150 valence electrons. The summed E-state index contributed by atoms with van der Waals surface area (Å²) in [5, 5.41) is 16.3. The van der Waals surface area contributed by atoms with Crippen molar-refractivity contribution in [3.05, 3.63) is 57.4 Å². The SMILES string of the molecule is CC(C)c1cc(C(=O)N2CCc3ccc([N+](=O)[O-])cc32)c2cnn(C(C)C)c2n1. The predicted octanol–water partition coefficient (Wildman–Crippen LogP) is 4.25. The van der Waals surface area contributed by atoms with E-state index in [1.807, 2.05) is 38.4 Å². The van der Waals surface area contributed by atoms with Crippen LogP contribution in [0.15, 0.2) is 30.5 Å². The molecule has 1 aromatic carbocycles. The number of nitrogens with zero attached hydrogens (tertiary/aromatic N) is 5. The van der Waals surface area contributed by atoms with Gasteiger partial charge in [0.25, 0.3) is 11.6 Å². The zero-order valence-electron chi connectivity index (χ0n) is 16.9. The van der Waals surface area contributed by atoms with Crippen LogP contribution in [0.4, 0.5) is 11.4 Å². The molecule has 4 rings (SSSR count). The minimum Gasteiger partial charge on any atom is -0.307 e. The second-order valence-corrected chi connectivity index (χ2v) is 7.95. The summed E-state index contributed by atoms with van der Waals surface area (Å²) in [7, 11) is 0. The molecule has 3 aromatic rings. The first kappa shape index (κ1) is 19.0. The number of carbonyl (C=O) groups excluding carboxylic acids is 1. The van der Waals surface area contributed by atoms with Crippen molar-refractivity contribution >= 4 is 28.3 Å². The average molecular weight is 393 g/mol. The smallest absolute Gasteiger partial charge is 0.271 e. The van der Waals surface area contributed by atoms with Gasteiger partial charge in [-0.2, -0.15) is 5.10 Å². The first-order valence-electron chi connectivity index (χ1n) is 9.75. The Labute approximate surface area is 168 Å². The Kier molecular flexibility index (Phi) is 4.56. The molecule has 0 N–H and O–H groups in total. The maximum atomic E-state index is 13.6. The van der Waals surface area contributed by atoms with E-state index in [9.17, 15) is 14.9 Å². The Balaban J connectivity index is 1.85. The van der Waals surface area contributed by atoms with Gasteiger partial charge in [-0.15, -0.1) is 0 Å². The number of rotatable bonds is 4. The highest BCUT2D eigenvalue weighted by atomic mass is 16.6. The molecule has 8 nitrogen and oxygen atoms in total. The summed E-state index contributed by atoms with van der Waals surface area (Å²) >= 11 is 0. The van der Waals surface area contributed by atoms with Crippen LogP contribution in [0.3, 0.4) is 0 Å². The van der Waals surface area contributed by atoms with Crippen LogP contribution in [0.5, 0.6) is 0 Å². The number of fused-ring (bicyclic) bond motifs is 2. The van der Waals surface area contributed by atoms with Gasteiger partial charge in [0.2, 0.25) is 0 Å². The highest BCUT2D eigenvalue weighted by Gasteiger charge is 2.30. The van der Waals surface area contributed by atoms with Crippen LogP contribution in [0.2, 0.25) is 0 Å². The number of amides is 1. The van der Waals surface area contributed by atoms with E-state index >= 15 is 0 Å². The number of nitro groups is 1. The third-order valence-corrected chi connectivity index (χ3v) is 5.32. The molecule has 0 bridgehead atoms. The van der Waals surface area contributed by atoms with Crippen LogP contribution in [0, 0.1) is 10.1 Å². The lowest BCUT2D eigenvalue weighted by molar-refractivity contribution is -0.384. The summed E-state index contributed by atoms with van der Waals surface area (Å²) < 4.78 is 1.82. The monoisotopic (exact) mass is 393 g/mol. The number of hydrogen-bond acceptors (Lipinski definition) is 5. The lowest BCUT2D eigenvalue weighted by Gasteiger charge is -2.19. The van der Waals surface area contributed by atoms with Gasteiger partial charge in [-0.3, -0.25) is 14.9 Å². The first-order chi connectivity index (χ1) is 13.8. The molecule has 1 aliphatic heterocycles. The zero-order valence-corrected chi connectivity index (χ0v) is 16.9. The van der Waals surface area contributed by atoms with Gasteiger partial charge < -0.3 is 4.90 Å². The van der Waals surface area contributed by atoms with Crippen molar-refractivity contribution in [1.82, 2.24) is 14.8 Å². The van der Waals surface area contributed by atoms with E-state index in [2.05, 4.69) is 5.10 Å². The largest absolute Gasteiger partial charge is 0.307 e. The third kappa shape index (κ3) is 3.14. The van der Waals surface area contributed by atoms with Crippen LogP contribution in [0.1, 0.15) is 61.3 Å². The van der Waals surface area contributed by atoms with Gasteiger partial charge in [-0.1, -0.05) is 19.9 Å². The van der Waals surface area contributed by atoms with E-state index < -0.39 is 4.92 Å². The van der Waals surface area contributed by atoms with E-state index in [4.69, 9.17) is 4.98 Å². The van der Waals surface area contributed by atoms with Crippen LogP contribution >= 0.6 is 0 Å². The van der Waals surface area contributed by atoms with Crippen molar-refractivity contribution in [2.75, 3.05) is 11.4 Å². The van der Waals surface area contributed by atoms with Crippen LogP contribution in [0.25, 0.3) is 11.0 Å². The van der Waals surface area contributed by atoms with Crippen LogP contribution in [-0.2, 0) is 6.42 Å². The molecule has 29 heavy (non-hydrogen) atoms. The fraction of sp³-hybridized carbons (Fsp3) is 0.381. The second-order valence-electron chi connectivity index (χ2n) is 7.95. The molecule has 8 heteroatoms. The molecule has 0 saturated carbocycles. The molecule has 0 saturated heterocycles. The Morgan fingerprint density at radius 2 is 1.97 bits per heavy atom. The van der Waals surface area contributed by atoms with Gasteiger partial charge in [0, 0.05) is 30.4 Å². The van der Waals surface area contributed by atoms with E-state index in [-0.39, 0.29) is 23.6 Å². The Hall–Kier alpha value is -3.29. The number of aromatic nitrogens is 3. The van der Waals surface area contributed by atoms with Crippen molar-refractivity contribution in [2.24, 2.45) is 0 Å². The van der Waals surface area contributed by atoms with E-state index in [1.165, 1.54) is 12.1 Å². The van der Waals surface area contributed by atoms with Crippen molar-refractivity contribution < 1.29 is 9.72 Å². The molecule has 0 atom stereocenters. The van der Waals surface area contributed by atoms with E-state index in [1.54, 1.807) is 17.2 Å². The average Bonchev–Trinajstić information content (AvgIpc) is 3.30. The Morgan fingerprint density at radius 3 is 2.62 bits per heavy atom. The van der Waals surface area contributed by atoms with Crippen LogP contribution < -0.4 is 4.90 Å². The standard InChI is InChI=1S/C21H23N5O3/c1-12(2)18-10-16(17-11-22-25(13(3)4)20(17)23-18)21(27)24-8-7-14-5-6-15(26(28)29)9-19(14)24/h5-6,9-13H,7-8H2,1-4H3. The quantitative estimate of drug-likeness (QED) is 0.488. The van der Waals surface area contributed by atoms with Gasteiger partial charge in [-0.05, 0) is 37.8 Å². The van der Waals surface area contributed by atoms with E-state index in [0.717, 1.165) is 11.3 Å². The molecule has 3 heterocycles. The first-order valence-corrected chi connectivity index (χ1v) is 9.75. The zero-order chi connectivity index (χ0) is 20.9. The predicted molar refractivity (Wildman–Crippen MR) is 110 cm³/mol. The topological polar surface area (TPSA) is 94.2 Å². The summed E-state index contributed by atoms with van der Waals surface area (Å²) in [6.07, 6.45) is 2.36. The fourth-order valence-electron chi connectivity index (χ4n) is 3.73. The molecule has 0 unspecified atom stereocenters. The summed E-state index contributed by atoms with van der Waals surface area (Å²) in [4.78, 5) is 30.7. The number of benzene rings is 1. The molecular weight excluding hydrogens is 370 g/mol. The normalized spacial score (nSPS) is 13.5. The van der Waals surface area contributed by atoms with Gasteiger partial charge in [0.15, 0.2) is 5.65 Å². The summed E-state index contributed by atoms with van der Waals surface area (Å²) in [6, 6.07) is 6.65. The molecular formula is C21H23N5O3. The number of carbonyl (C=O) groups is 1. The van der Waals surface area contributed by atoms with Gasteiger partial charge in [-0.25, -0.2) is 9.67 Å². The maximum Gasteiger partial charge on any atom is 0.271 e. The lowest BCUT2D eigenvalue weighted by atomic mass is 10.0. The molecule has 0 spiro atoms. The maximum absolute atomic E-state index is 13.6. The van der Waals surface area contributed by atoms with Crippen molar-refractivity contribution in [1.29, 1.82) is 0 Å². The summed E-state index contributed by atoms with van der Waals surface area (Å²) in [5.41, 5.74) is 3.58. The van der Waals surface area contributed by atoms with Gasteiger partial charge >= 0.3 is 0 Å². The molecule has 0 radical (unpaired) electrons. The fourth-order valence-corrected chi connectivity index (χ4v) is 3.73. The molecule has 2 aromatic heterocycles. The van der Waals surface area contributed by atoms with Crippen LogP contribution in [-0.4, -0.2) is 32.1 Å². The third-order valence-electron chi connectivity index (χ3n) is 5.32. The number of nitro benzene ring substituents is 1. The summed E-state index contributed by atoms with van der Waals surface area (Å²) in [6.45, 7) is 8.61. The molecule has 1 amide bonds. The number of pyridine rings is 1. The van der Waals surface area contributed by atoms with Crippen molar-refractivity contribution in [3.63, 3.8) is 0 Å². The lowest BCUT2D eigenvalue weighted by Crippen LogP contribution is -2.29. The Bertz CT molecular complexity index is 1130.